The molecule has 0 saturated heterocycles. The molecule has 116 valence electrons. The number of ether oxygens (including phenoxy) is 1. The van der Waals surface area contributed by atoms with Gasteiger partial charge in [-0.3, -0.25) is 9.59 Å². The Hall–Kier alpha value is -1.86. The Balaban J connectivity index is 1.59. The highest BCUT2D eigenvalue weighted by Gasteiger charge is 2.06. The van der Waals surface area contributed by atoms with Gasteiger partial charge in [0.05, 0.1) is 4.88 Å². The minimum absolute atomic E-state index is 0.0551. The summed E-state index contributed by atoms with van der Waals surface area (Å²) >= 11 is 4.70. The molecule has 1 aromatic heterocycles. The lowest BCUT2D eigenvalue weighted by atomic mass is 10.3. The van der Waals surface area contributed by atoms with E-state index in [4.69, 9.17) is 4.74 Å². The lowest BCUT2D eigenvalue weighted by Crippen LogP contribution is -2.36. The first kappa shape index (κ1) is 16.5. The monoisotopic (exact) mass is 382 g/mol. The molecule has 0 radical (unpaired) electrons. The minimum atomic E-state index is -0.228. The summed E-state index contributed by atoms with van der Waals surface area (Å²) in [6.07, 6.45) is 0. The summed E-state index contributed by atoms with van der Waals surface area (Å²) in [5.41, 5.74) is 0. The Morgan fingerprint density at radius 2 is 1.82 bits per heavy atom. The first-order valence-electron chi connectivity index (χ1n) is 6.62. The third-order valence-corrected chi connectivity index (χ3v) is 4.06. The van der Waals surface area contributed by atoms with Gasteiger partial charge in [-0.2, -0.15) is 0 Å². The third kappa shape index (κ3) is 5.50. The van der Waals surface area contributed by atoms with Crippen molar-refractivity contribution in [3.63, 3.8) is 0 Å². The zero-order valence-corrected chi connectivity index (χ0v) is 14.1. The van der Waals surface area contributed by atoms with Gasteiger partial charge in [-0.05, 0) is 35.7 Å². The van der Waals surface area contributed by atoms with Crippen LogP contribution in [0.1, 0.15) is 9.67 Å². The van der Waals surface area contributed by atoms with Crippen LogP contribution in [0.3, 0.4) is 0 Å². The van der Waals surface area contributed by atoms with Crippen LogP contribution in [0.4, 0.5) is 0 Å². The van der Waals surface area contributed by atoms with E-state index < -0.39 is 0 Å². The van der Waals surface area contributed by atoms with Gasteiger partial charge in [-0.15, -0.1) is 11.3 Å². The van der Waals surface area contributed by atoms with E-state index in [0.29, 0.717) is 23.7 Å². The number of carbonyl (C=O) groups excluding carboxylic acids is 2. The zero-order chi connectivity index (χ0) is 15.8. The number of carbonyl (C=O) groups is 2. The fourth-order valence-corrected chi connectivity index (χ4v) is 2.51. The maximum atomic E-state index is 11.6. The van der Waals surface area contributed by atoms with Crippen LogP contribution in [0.15, 0.2) is 46.3 Å². The first-order valence-corrected chi connectivity index (χ1v) is 8.29. The Kier molecular flexibility index (Phi) is 6.42. The van der Waals surface area contributed by atoms with Gasteiger partial charge in [0.1, 0.15) is 5.75 Å². The number of nitrogens with one attached hydrogen (secondary N) is 2. The first-order chi connectivity index (χ1) is 10.6. The summed E-state index contributed by atoms with van der Waals surface area (Å²) in [6, 6.07) is 10.8. The van der Waals surface area contributed by atoms with Crippen LogP contribution in [0.2, 0.25) is 0 Å². The van der Waals surface area contributed by atoms with Crippen LogP contribution in [0.25, 0.3) is 0 Å². The SMILES string of the molecule is O=C(COc1ccc(Br)cc1)NCCNC(=O)c1cccs1. The predicted molar refractivity (Wildman–Crippen MR) is 89.3 cm³/mol. The second-order valence-electron chi connectivity index (χ2n) is 4.33. The van der Waals surface area contributed by atoms with Crippen LogP contribution in [-0.4, -0.2) is 31.5 Å². The molecule has 0 aliphatic carbocycles. The van der Waals surface area contributed by atoms with Crippen molar-refractivity contribution in [3.8, 4) is 5.75 Å². The molecule has 1 aromatic carbocycles. The van der Waals surface area contributed by atoms with Crippen molar-refractivity contribution in [2.75, 3.05) is 19.7 Å². The van der Waals surface area contributed by atoms with Gasteiger partial charge in [0.2, 0.25) is 0 Å². The molecule has 0 saturated carbocycles. The van der Waals surface area contributed by atoms with Crippen LogP contribution >= 0.6 is 27.3 Å². The molecule has 0 aliphatic rings. The minimum Gasteiger partial charge on any atom is -0.484 e. The summed E-state index contributed by atoms with van der Waals surface area (Å²) in [5, 5.41) is 7.26. The van der Waals surface area contributed by atoms with E-state index in [1.54, 1.807) is 18.2 Å². The van der Waals surface area contributed by atoms with Crippen molar-refractivity contribution >= 4 is 39.1 Å². The van der Waals surface area contributed by atoms with Crippen molar-refractivity contribution in [3.05, 3.63) is 51.1 Å². The molecule has 0 atom stereocenters. The normalized spacial score (nSPS) is 10.0. The standard InChI is InChI=1S/C15H15BrN2O3S/c16-11-3-5-12(6-4-11)21-10-14(19)17-7-8-18-15(20)13-2-1-9-22-13/h1-6,9H,7-8,10H2,(H,17,19)(H,18,20). The van der Waals surface area contributed by atoms with E-state index in [-0.39, 0.29) is 18.4 Å². The van der Waals surface area contributed by atoms with Gasteiger partial charge >= 0.3 is 0 Å². The van der Waals surface area contributed by atoms with Crippen molar-refractivity contribution in [2.45, 2.75) is 0 Å². The van der Waals surface area contributed by atoms with E-state index in [1.807, 2.05) is 23.6 Å². The lowest BCUT2D eigenvalue weighted by Gasteiger charge is -2.08. The van der Waals surface area contributed by atoms with Crippen LogP contribution in [0.5, 0.6) is 5.75 Å². The fraction of sp³-hybridized carbons (Fsp3) is 0.200. The molecular formula is C15H15BrN2O3S. The Labute approximate surface area is 140 Å². The molecule has 2 rings (SSSR count). The van der Waals surface area contributed by atoms with Gasteiger partial charge in [0.25, 0.3) is 11.8 Å². The molecule has 0 bridgehead atoms. The van der Waals surface area contributed by atoms with E-state index in [0.717, 1.165) is 4.47 Å². The quantitative estimate of drug-likeness (QED) is 0.722. The Morgan fingerprint density at radius 3 is 2.50 bits per heavy atom. The smallest absolute Gasteiger partial charge is 0.261 e. The maximum absolute atomic E-state index is 11.6. The number of rotatable bonds is 7. The topological polar surface area (TPSA) is 67.4 Å². The Bertz CT molecular complexity index is 614. The highest BCUT2D eigenvalue weighted by molar-refractivity contribution is 9.10. The molecule has 1 heterocycles. The summed E-state index contributed by atoms with van der Waals surface area (Å²) < 4.78 is 6.29. The van der Waals surface area contributed by atoms with Gasteiger partial charge in [-0.25, -0.2) is 0 Å². The molecule has 2 amide bonds. The van der Waals surface area contributed by atoms with E-state index in [9.17, 15) is 9.59 Å². The number of halogens is 1. The highest BCUT2D eigenvalue weighted by Crippen LogP contribution is 2.15. The molecule has 0 fully saturated rings. The number of hydrogen-bond acceptors (Lipinski definition) is 4. The maximum Gasteiger partial charge on any atom is 0.261 e. The summed E-state index contributed by atoms with van der Waals surface area (Å²) in [6.45, 7) is 0.681. The molecule has 0 aliphatic heterocycles. The van der Waals surface area contributed by atoms with E-state index >= 15 is 0 Å². The third-order valence-electron chi connectivity index (χ3n) is 2.66. The lowest BCUT2D eigenvalue weighted by molar-refractivity contribution is -0.123. The molecule has 0 unspecified atom stereocenters. The molecule has 2 aromatic rings. The highest BCUT2D eigenvalue weighted by atomic mass is 79.9. The molecule has 22 heavy (non-hydrogen) atoms. The van der Waals surface area contributed by atoms with Gasteiger partial charge < -0.3 is 15.4 Å². The van der Waals surface area contributed by atoms with Crippen LogP contribution < -0.4 is 15.4 Å². The number of benzene rings is 1. The number of hydrogen-bond donors (Lipinski definition) is 2. The average molecular weight is 383 g/mol. The van der Waals surface area contributed by atoms with Crippen molar-refractivity contribution in [2.24, 2.45) is 0 Å². The van der Waals surface area contributed by atoms with Crippen LogP contribution in [0, 0.1) is 0 Å². The van der Waals surface area contributed by atoms with Crippen molar-refractivity contribution in [1.82, 2.24) is 10.6 Å². The van der Waals surface area contributed by atoms with Crippen molar-refractivity contribution < 1.29 is 14.3 Å². The number of amides is 2. The summed E-state index contributed by atoms with van der Waals surface area (Å²) in [7, 11) is 0. The second-order valence-corrected chi connectivity index (χ2v) is 6.19. The Morgan fingerprint density at radius 1 is 1.09 bits per heavy atom. The molecule has 5 nitrogen and oxygen atoms in total. The van der Waals surface area contributed by atoms with E-state index in [1.165, 1.54) is 11.3 Å². The molecular weight excluding hydrogens is 368 g/mol. The summed E-state index contributed by atoms with van der Waals surface area (Å²) in [5.74, 6) is 0.271. The molecule has 7 heteroatoms. The van der Waals surface area contributed by atoms with Gasteiger partial charge in [0, 0.05) is 17.6 Å². The number of thiophene rings is 1. The largest absolute Gasteiger partial charge is 0.484 e. The fourth-order valence-electron chi connectivity index (χ4n) is 1.60. The van der Waals surface area contributed by atoms with Crippen molar-refractivity contribution in [1.29, 1.82) is 0 Å². The van der Waals surface area contributed by atoms with Gasteiger partial charge in [-0.1, -0.05) is 22.0 Å². The zero-order valence-electron chi connectivity index (χ0n) is 11.7. The molecule has 0 spiro atoms. The average Bonchev–Trinajstić information content (AvgIpc) is 3.05. The van der Waals surface area contributed by atoms with Crippen LogP contribution in [-0.2, 0) is 4.79 Å². The predicted octanol–water partition coefficient (Wildman–Crippen LogP) is 2.44. The van der Waals surface area contributed by atoms with E-state index in [2.05, 4.69) is 26.6 Å². The summed E-state index contributed by atoms with van der Waals surface area (Å²) in [4.78, 5) is 23.9. The molecule has 2 N–H and O–H groups in total. The van der Waals surface area contributed by atoms with Gasteiger partial charge in [0.15, 0.2) is 6.61 Å². The second kappa shape index (κ2) is 8.55.